The van der Waals surface area contributed by atoms with E-state index in [1.165, 1.54) is 0 Å². The second kappa shape index (κ2) is 13.5. The van der Waals surface area contributed by atoms with E-state index in [0.29, 0.717) is 12.5 Å². The predicted molar refractivity (Wildman–Crippen MR) is 127 cm³/mol. The van der Waals surface area contributed by atoms with Crippen molar-refractivity contribution in [2.24, 2.45) is 10.9 Å². The molecule has 1 heterocycles. The first-order valence-corrected chi connectivity index (χ1v) is 9.86. The maximum atomic E-state index is 5.81. The van der Waals surface area contributed by atoms with Gasteiger partial charge < -0.3 is 15.4 Å². The van der Waals surface area contributed by atoms with Gasteiger partial charge in [-0.1, -0.05) is 26.0 Å². The van der Waals surface area contributed by atoms with Crippen molar-refractivity contribution in [1.82, 2.24) is 20.4 Å². The first kappa shape index (κ1) is 24.4. The zero-order chi connectivity index (χ0) is 19.5. The molecule has 1 aromatic heterocycles. The van der Waals surface area contributed by atoms with E-state index in [4.69, 9.17) is 9.73 Å². The molecule has 0 aliphatic heterocycles. The van der Waals surface area contributed by atoms with Gasteiger partial charge >= 0.3 is 0 Å². The number of aromatic nitrogens is 2. The van der Waals surface area contributed by atoms with Crippen LogP contribution in [0.2, 0.25) is 0 Å². The van der Waals surface area contributed by atoms with Gasteiger partial charge in [-0.25, -0.2) is 9.67 Å². The Kier molecular flexibility index (Phi) is 11.8. The zero-order valence-electron chi connectivity index (χ0n) is 17.4. The summed E-state index contributed by atoms with van der Waals surface area (Å²) in [6, 6.07) is 10.2. The normalized spacial score (nSPS) is 12.5. The van der Waals surface area contributed by atoms with Crippen LogP contribution in [0.15, 0.2) is 47.7 Å². The second-order valence-electron chi connectivity index (χ2n) is 6.77. The molecule has 1 unspecified atom stereocenters. The highest BCUT2D eigenvalue weighted by atomic mass is 127. The molecule has 0 radical (unpaired) electrons. The Labute approximate surface area is 186 Å². The number of halogens is 1. The van der Waals surface area contributed by atoms with Gasteiger partial charge in [-0.3, -0.25) is 0 Å². The summed E-state index contributed by atoms with van der Waals surface area (Å²) in [6.07, 6.45) is 4.96. The average Bonchev–Trinajstić information content (AvgIpc) is 3.20. The van der Waals surface area contributed by atoms with Gasteiger partial charge in [-0.15, -0.1) is 24.0 Å². The molecule has 2 N–H and O–H groups in total. The van der Waals surface area contributed by atoms with Crippen LogP contribution in [-0.2, 0) is 11.3 Å². The molecular weight excluding hydrogens is 465 g/mol. The summed E-state index contributed by atoms with van der Waals surface area (Å²) in [5.41, 5.74) is 2.21. The highest BCUT2D eigenvalue weighted by Gasteiger charge is 2.12. The number of hydrogen-bond donors (Lipinski definition) is 2. The highest BCUT2D eigenvalue weighted by molar-refractivity contribution is 14.0. The lowest BCUT2D eigenvalue weighted by atomic mass is 10.0. The van der Waals surface area contributed by atoms with Crippen LogP contribution in [0.4, 0.5) is 0 Å². The molecular formula is C21H34IN5O. The van der Waals surface area contributed by atoms with Crippen molar-refractivity contribution >= 4 is 29.9 Å². The maximum absolute atomic E-state index is 5.81. The zero-order valence-corrected chi connectivity index (χ0v) is 19.7. The molecule has 0 saturated heterocycles. The van der Waals surface area contributed by atoms with Crippen LogP contribution in [-0.4, -0.2) is 41.5 Å². The van der Waals surface area contributed by atoms with Crippen molar-refractivity contribution in [2.75, 3.05) is 19.7 Å². The van der Waals surface area contributed by atoms with E-state index in [2.05, 4.69) is 60.8 Å². The number of nitrogens with one attached hydrogen (secondary N) is 2. The van der Waals surface area contributed by atoms with Crippen molar-refractivity contribution in [2.45, 2.75) is 46.8 Å². The van der Waals surface area contributed by atoms with E-state index in [-0.39, 0.29) is 30.1 Å². The minimum absolute atomic E-state index is 0. The Bertz CT molecular complexity index is 671. The number of benzene rings is 1. The molecule has 28 heavy (non-hydrogen) atoms. The first-order valence-electron chi connectivity index (χ1n) is 9.86. The van der Waals surface area contributed by atoms with Crippen molar-refractivity contribution in [1.29, 1.82) is 0 Å². The lowest BCUT2D eigenvalue weighted by Crippen LogP contribution is -2.39. The van der Waals surface area contributed by atoms with E-state index in [9.17, 15) is 0 Å². The Hall–Kier alpha value is -1.61. The van der Waals surface area contributed by atoms with Gasteiger partial charge in [0.25, 0.3) is 0 Å². The second-order valence-corrected chi connectivity index (χ2v) is 6.77. The minimum atomic E-state index is 0. The molecule has 0 amide bonds. The van der Waals surface area contributed by atoms with Crippen LogP contribution >= 0.6 is 24.0 Å². The Morgan fingerprint density at radius 2 is 1.93 bits per heavy atom. The smallest absolute Gasteiger partial charge is 0.191 e. The van der Waals surface area contributed by atoms with Crippen molar-refractivity contribution in [3.63, 3.8) is 0 Å². The van der Waals surface area contributed by atoms with Gasteiger partial charge in [0.15, 0.2) is 5.96 Å². The Morgan fingerprint density at radius 1 is 1.18 bits per heavy atom. The fraction of sp³-hybridized carbons (Fsp3) is 0.524. The van der Waals surface area contributed by atoms with E-state index in [1.54, 1.807) is 6.20 Å². The molecule has 6 nitrogen and oxygen atoms in total. The first-order chi connectivity index (χ1) is 13.1. The van der Waals surface area contributed by atoms with E-state index < -0.39 is 0 Å². The summed E-state index contributed by atoms with van der Waals surface area (Å²) in [4.78, 5) is 4.69. The number of guanidine groups is 1. The van der Waals surface area contributed by atoms with Gasteiger partial charge in [0.05, 0.1) is 18.3 Å². The fourth-order valence-electron chi connectivity index (χ4n) is 2.84. The standard InChI is InChI=1S/C21H33N5O.HI/c1-5-22-21(23-14-12-20(17(3)4)27-6-2)24-16-18-8-10-19(11-9-18)26-15-7-13-25-26;/h7-11,13,15,17,20H,5-6,12,14,16H2,1-4H3,(H2,22,23,24);1H. The highest BCUT2D eigenvalue weighted by Crippen LogP contribution is 2.11. The number of nitrogens with zero attached hydrogens (tertiary/aromatic N) is 3. The summed E-state index contributed by atoms with van der Waals surface area (Å²) >= 11 is 0. The van der Waals surface area contributed by atoms with Crippen LogP contribution in [0, 0.1) is 5.92 Å². The molecule has 0 aliphatic rings. The van der Waals surface area contributed by atoms with E-state index in [1.807, 2.05) is 23.9 Å². The molecule has 1 atom stereocenters. The lowest BCUT2D eigenvalue weighted by Gasteiger charge is -2.21. The molecule has 7 heteroatoms. The van der Waals surface area contributed by atoms with Crippen molar-refractivity contribution < 1.29 is 4.74 Å². The third-order valence-electron chi connectivity index (χ3n) is 4.31. The topological polar surface area (TPSA) is 63.5 Å². The summed E-state index contributed by atoms with van der Waals surface area (Å²) in [5, 5.41) is 11.0. The van der Waals surface area contributed by atoms with E-state index in [0.717, 1.165) is 43.3 Å². The van der Waals surface area contributed by atoms with Gasteiger partial charge in [0, 0.05) is 32.1 Å². The van der Waals surface area contributed by atoms with Gasteiger partial charge in [-0.05, 0) is 49.9 Å². The molecule has 0 fully saturated rings. The fourth-order valence-corrected chi connectivity index (χ4v) is 2.84. The molecule has 1 aromatic carbocycles. The molecule has 0 aliphatic carbocycles. The monoisotopic (exact) mass is 499 g/mol. The number of ether oxygens (including phenoxy) is 1. The molecule has 0 saturated carbocycles. The summed E-state index contributed by atoms with van der Waals surface area (Å²) in [5.74, 6) is 1.35. The van der Waals surface area contributed by atoms with Crippen molar-refractivity contribution in [3.8, 4) is 5.69 Å². The van der Waals surface area contributed by atoms with E-state index >= 15 is 0 Å². The largest absolute Gasteiger partial charge is 0.378 e. The SMILES string of the molecule is CCNC(=NCc1ccc(-n2cccn2)cc1)NCCC(OCC)C(C)C.I. The summed E-state index contributed by atoms with van der Waals surface area (Å²) in [6.45, 7) is 11.6. The van der Waals surface area contributed by atoms with Gasteiger partial charge in [-0.2, -0.15) is 5.10 Å². The van der Waals surface area contributed by atoms with Crippen LogP contribution in [0.5, 0.6) is 0 Å². The molecule has 2 aromatic rings. The summed E-state index contributed by atoms with van der Waals surface area (Å²) in [7, 11) is 0. The summed E-state index contributed by atoms with van der Waals surface area (Å²) < 4.78 is 7.66. The lowest BCUT2D eigenvalue weighted by molar-refractivity contribution is 0.0258. The third-order valence-corrected chi connectivity index (χ3v) is 4.31. The third kappa shape index (κ3) is 8.18. The van der Waals surface area contributed by atoms with Gasteiger partial charge in [0.2, 0.25) is 0 Å². The molecule has 2 rings (SSSR count). The van der Waals surface area contributed by atoms with Crippen LogP contribution < -0.4 is 10.6 Å². The Balaban J connectivity index is 0.00000392. The number of aliphatic imine (C=N–C) groups is 1. The molecule has 156 valence electrons. The number of hydrogen-bond acceptors (Lipinski definition) is 3. The average molecular weight is 499 g/mol. The van der Waals surface area contributed by atoms with Crippen LogP contribution in [0.1, 0.15) is 39.7 Å². The molecule has 0 bridgehead atoms. The van der Waals surface area contributed by atoms with Crippen molar-refractivity contribution in [3.05, 3.63) is 48.3 Å². The maximum Gasteiger partial charge on any atom is 0.191 e. The van der Waals surface area contributed by atoms with Gasteiger partial charge in [0.1, 0.15) is 0 Å². The van der Waals surface area contributed by atoms with Crippen LogP contribution in [0.3, 0.4) is 0 Å². The molecule has 0 spiro atoms. The Morgan fingerprint density at radius 3 is 2.50 bits per heavy atom. The predicted octanol–water partition coefficient (Wildman–Crippen LogP) is 4.00. The minimum Gasteiger partial charge on any atom is -0.378 e. The number of rotatable bonds is 10. The quantitative estimate of drug-likeness (QED) is 0.295. The van der Waals surface area contributed by atoms with Crippen LogP contribution in [0.25, 0.3) is 5.69 Å².